The number of nitrogens with zero attached hydrogens (tertiary/aromatic N) is 3. The van der Waals surface area contributed by atoms with Gasteiger partial charge in [-0.1, -0.05) is 38.1 Å². The largest absolute Gasteiger partial charge is 0.463 e. The first-order chi connectivity index (χ1) is 15.2. The Morgan fingerprint density at radius 2 is 1.75 bits per heavy atom. The van der Waals surface area contributed by atoms with Gasteiger partial charge in [0.25, 0.3) is 0 Å². The van der Waals surface area contributed by atoms with E-state index >= 15 is 0 Å². The number of carbonyl (C=O) groups excluding carboxylic acids is 3. The number of piperazine rings is 1. The van der Waals surface area contributed by atoms with Crippen LogP contribution in [0.4, 0.5) is 4.79 Å². The van der Waals surface area contributed by atoms with Crippen LogP contribution in [0, 0.1) is 0 Å². The van der Waals surface area contributed by atoms with Crippen LogP contribution in [0.5, 0.6) is 0 Å². The Hall–Kier alpha value is -2.87. The molecule has 0 spiro atoms. The van der Waals surface area contributed by atoms with E-state index in [1.54, 1.807) is 20.9 Å². The second kappa shape index (κ2) is 10.2. The molecule has 2 aliphatic rings. The predicted molar refractivity (Wildman–Crippen MR) is 122 cm³/mol. The number of nitrogens with one attached hydrogen (secondary N) is 1. The molecule has 0 unspecified atom stereocenters. The van der Waals surface area contributed by atoms with Crippen LogP contribution >= 0.6 is 0 Å². The van der Waals surface area contributed by atoms with Crippen molar-refractivity contribution in [1.82, 2.24) is 20.0 Å². The molecule has 1 N–H and O–H groups in total. The SMILES string of the molecule is CCOC(=O)C1=C(CN2CCN(C(C)=O)CC2)N(C)C(=O)N[C@@H]1c1ccc(C(C)C)cc1. The monoisotopic (exact) mass is 442 g/mol. The number of ether oxygens (including phenoxy) is 1. The first-order valence-electron chi connectivity index (χ1n) is 11.2. The number of likely N-dealkylation sites (N-methyl/N-ethyl adjacent to an activating group) is 1. The summed E-state index contributed by atoms with van der Waals surface area (Å²) in [6.45, 7) is 10.9. The zero-order valence-corrected chi connectivity index (χ0v) is 19.7. The maximum atomic E-state index is 13.1. The second-order valence-corrected chi connectivity index (χ2v) is 8.63. The molecule has 1 atom stereocenters. The minimum Gasteiger partial charge on any atom is -0.463 e. The summed E-state index contributed by atoms with van der Waals surface area (Å²) in [4.78, 5) is 43.0. The number of rotatable bonds is 6. The van der Waals surface area contributed by atoms with Crippen molar-refractivity contribution < 1.29 is 19.1 Å². The maximum absolute atomic E-state index is 13.1. The van der Waals surface area contributed by atoms with Gasteiger partial charge in [-0.3, -0.25) is 14.6 Å². The molecular weight excluding hydrogens is 408 g/mol. The van der Waals surface area contributed by atoms with E-state index in [4.69, 9.17) is 4.74 Å². The Labute approximate surface area is 190 Å². The zero-order valence-electron chi connectivity index (χ0n) is 19.7. The predicted octanol–water partition coefficient (Wildman–Crippen LogP) is 2.49. The molecule has 1 saturated heterocycles. The van der Waals surface area contributed by atoms with E-state index in [9.17, 15) is 14.4 Å². The van der Waals surface area contributed by atoms with Crippen LogP contribution in [0.15, 0.2) is 35.5 Å². The molecule has 0 radical (unpaired) electrons. The van der Waals surface area contributed by atoms with Crippen molar-refractivity contribution >= 4 is 17.9 Å². The maximum Gasteiger partial charge on any atom is 0.338 e. The summed E-state index contributed by atoms with van der Waals surface area (Å²) < 4.78 is 5.40. The molecule has 1 aromatic carbocycles. The van der Waals surface area contributed by atoms with E-state index in [0.29, 0.717) is 49.9 Å². The summed E-state index contributed by atoms with van der Waals surface area (Å²) in [6, 6.07) is 7.17. The van der Waals surface area contributed by atoms with Crippen LogP contribution < -0.4 is 5.32 Å². The number of benzene rings is 1. The Bertz CT molecular complexity index is 886. The van der Waals surface area contributed by atoms with Crippen molar-refractivity contribution in [2.24, 2.45) is 0 Å². The van der Waals surface area contributed by atoms with E-state index in [0.717, 1.165) is 5.56 Å². The zero-order chi connectivity index (χ0) is 23.4. The second-order valence-electron chi connectivity index (χ2n) is 8.63. The van der Waals surface area contributed by atoms with Gasteiger partial charge in [0.2, 0.25) is 5.91 Å². The van der Waals surface area contributed by atoms with Gasteiger partial charge in [-0.25, -0.2) is 9.59 Å². The smallest absolute Gasteiger partial charge is 0.338 e. The van der Waals surface area contributed by atoms with E-state index in [1.165, 1.54) is 10.5 Å². The lowest BCUT2D eigenvalue weighted by atomic mass is 9.92. The molecule has 1 aromatic rings. The molecule has 174 valence electrons. The Kier molecular flexibility index (Phi) is 7.56. The third-order valence-corrected chi connectivity index (χ3v) is 6.20. The number of carbonyl (C=O) groups is 3. The van der Waals surface area contributed by atoms with Crippen LogP contribution in [0.25, 0.3) is 0 Å². The Morgan fingerprint density at radius 3 is 2.28 bits per heavy atom. The summed E-state index contributed by atoms with van der Waals surface area (Å²) in [7, 11) is 1.67. The fourth-order valence-electron chi connectivity index (χ4n) is 4.15. The summed E-state index contributed by atoms with van der Waals surface area (Å²) in [6.07, 6.45) is 0. The molecule has 2 heterocycles. The molecule has 0 bridgehead atoms. The van der Waals surface area contributed by atoms with E-state index in [2.05, 4.69) is 24.1 Å². The number of hydrogen-bond acceptors (Lipinski definition) is 5. The summed E-state index contributed by atoms with van der Waals surface area (Å²) in [5, 5.41) is 2.97. The fraction of sp³-hybridized carbons (Fsp3) is 0.542. The average molecular weight is 443 g/mol. The van der Waals surface area contributed by atoms with Crippen LogP contribution in [0.2, 0.25) is 0 Å². The van der Waals surface area contributed by atoms with Gasteiger partial charge < -0.3 is 15.0 Å². The standard InChI is InChI=1S/C24H34N4O4/c1-6-32-23(30)21-20(15-27-11-13-28(14-12-27)17(4)29)26(5)24(31)25-22(21)19-9-7-18(8-10-19)16(2)3/h7-10,16,22H,6,11-15H2,1-5H3,(H,25,31)/t22-/m1/s1. The normalized spacial score (nSPS) is 19.9. The average Bonchev–Trinajstić information content (AvgIpc) is 2.77. The van der Waals surface area contributed by atoms with Crippen LogP contribution in [0.1, 0.15) is 50.8 Å². The molecule has 8 heteroatoms. The van der Waals surface area contributed by atoms with Gasteiger partial charge in [-0.05, 0) is 24.0 Å². The van der Waals surface area contributed by atoms with Gasteiger partial charge in [0.15, 0.2) is 0 Å². The fourth-order valence-corrected chi connectivity index (χ4v) is 4.15. The van der Waals surface area contributed by atoms with Crippen LogP contribution in [-0.2, 0) is 14.3 Å². The molecular formula is C24H34N4O4. The number of amides is 3. The van der Waals surface area contributed by atoms with Gasteiger partial charge in [0.1, 0.15) is 0 Å². The van der Waals surface area contributed by atoms with Gasteiger partial charge in [-0.15, -0.1) is 0 Å². The minimum absolute atomic E-state index is 0.0650. The Morgan fingerprint density at radius 1 is 1.12 bits per heavy atom. The van der Waals surface area contributed by atoms with Crippen molar-refractivity contribution in [3.05, 3.63) is 46.7 Å². The van der Waals surface area contributed by atoms with Crippen LogP contribution in [-0.4, -0.2) is 79.0 Å². The highest BCUT2D eigenvalue weighted by molar-refractivity contribution is 5.95. The van der Waals surface area contributed by atoms with Gasteiger partial charge in [-0.2, -0.15) is 0 Å². The highest BCUT2D eigenvalue weighted by Gasteiger charge is 2.37. The molecule has 1 fully saturated rings. The van der Waals surface area contributed by atoms with E-state index < -0.39 is 12.0 Å². The molecule has 3 amide bonds. The summed E-state index contributed by atoms with van der Waals surface area (Å²) in [5.41, 5.74) is 3.14. The van der Waals surface area contributed by atoms with Crippen molar-refractivity contribution in [1.29, 1.82) is 0 Å². The molecule has 8 nitrogen and oxygen atoms in total. The van der Waals surface area contributed by atoms with Crippen molar-refractivity contribution in [2.45, 2.75) is 39.7 Å². The topological polar surface area (TPSA) is 82.2 Å². The van der Waals surface area contributed by atoms with Crippen molar-refractivity contribution in [3.63, 3.8) is 0 Å². The highest BCUT2D eigenvalue weighted by Crippen LogP contribution is 2.32. The first kappa shape index (κ1) is 23.8. The highest BCUT2D eigenvalue weighted by atomic mass is 16.5. The summed E-state index contributed by atoms with van der Waals surface area (Å²) in [5.74, 6) is 0.0326. The molecule has 0 aliphatic carbocycles. The van der Waals surface area contributed by atoms with E-state index in [1.807, 2.05) is 29.2 Å². The lowest BCUT2D eigenvalue weighted by Crippen LogP contribution is -2.52. The number of urea groups is 1. The molecule has 32 heavy (non-hydrogen) atoms. The lowest BCUT2D eigenvalue weighted by Gasteiger charge is -2.39. The van der Waals surface area contributed by atoms with Crippen molar-refractivity contribution in [3.8, 4) is 0 Å². The van der Waals surface area contributed by atoms with Gasteiger partial charge in [0, 0.05) is 52.4 Å². The third-order valence-electron chi connectivity index (χ3n) is 6.20. The van der Waals surface area contributed by atoms with Gasteiger partial charge >= 0.3 is 12.0 Å². The molecule has 0 aromatic heterocycles. The summed E-state index contributed by atoms with van der Waals surface area (Å²) >= 11 is 0. The molecule has 2 aliphatic heterocycles. The lowest BCUT2D eigenvalue weighted by molar-refractivity contribution is -0.139. The number of hydrogen-bond donors (Lipinski definition) is 1. The third kappa shape index (κ3) is 5.12. The van der Waals surface area contributed by atoms with Gasteiger partial charge in [0.05, 0.1) is 18.2 Å². The number of esters is 1. The van der Waals surface area contributed by atoms with Crippen molar-refractivity contribution in [2.75, 3.05) is 46.4 Å². The molecule has 3 rings (SSSR count). The van der Waals surface area contributed by atoms with Crippen LogP contribution in [0.3, 0.4) is 0 Å². The minimum atomic E-state index is -0.576. The van der Waals surface area contributed by atoms with E-state index in [-0.39, 0.29) is 18.5 Å². The first-order valence-corrected chi connectivity index (χ1v) is 11.2. The quantitative estimate of drug-likeness (QED) is 0.685. The Balaban J connectivity index is 1.95. The molecule has 0 saturated carbocycles.